The third kappa shape index (κ3) is 11.6. The van der Waals surface area contributed by atoms with Crippen molar-refractivity contribution < 1.29 is 71.6 Å². The maximum absolute atomic E-state index is 8.49. The Labute approximate surface area is 217 Å². The van der Waals surface area contributed by atoms with Gasteiger partial charge in [0.2, 0.25) is 11.0 Å². The average molecular weight is 557 g/mol. The molecule has 0 spiro atoms. The number of rotatable bonds is 6. The van der Waals surface area contributed by atoms with Crippen molar-refractivity contribution in [1.29, 1.82) is 0 Å². The van der Waals surface area contributed by atoms with Gasteiger partial charge < -0.3 is 4.74 Å². The molecule has 0 amide bonds. The first-order chi connectivity index (χ1) is 17.2. The standard InChI is InChI=1S/C24H26N2O.2ClHO4/c1-19-11-13-21-7-3-5-9-23(21)25(19)15-17-27-18-16-26-20(2)12-14-22-8-4-6-10-24(22)26;2*2-1(3,4)5/h3-14H,15-18H2,1-2H3;2*(H,2,3,4,5)/q+2;;/p-2. The highest BCUT2D eigenvalue weighted by molar-refractivity contribution is 5.75. The van der Waals surface area contributed by atoms with Crippen LogP contribution in [0.25, 0.3) is 21.8 Å². The normalized spacial score (nSPS) is 11.5. The van der Waals surface area contributed by atoms with E-state index in [0.717, 1.165) is 13.1 Å². The van der Waals surface area contributed by atoms with Crippen LogP contribution in [-0.4, -0.2) is 13.2 Å². The predicted molar refractivity (Wildman–Crippen MR) is 109 cm³/mol. The highest BCUT2D eigenvalue weighted by Crippen LogP contribution is 2.11. The molecular formula is C24H26Cl2N2O9. The Balaban J connectivity index is 0.000000412. The van der Waals surface area contributed by atoms with Crippen molar-refractivity contribution in [3.63, 3.8) is 0 Å². The van der Waals surface area contributed by atoms with Crippen molar-refractivity contribution in [2.45, 2.75) is 26.9 Å². The van der Waals surface area contributed by atoms with E-state index < -0.39 is 20.5 Å². The van der Waals surface area contributed by atoms with E-state index in [-0.39, 0.29) is 0 Å². The molecule has 11 nitrogen and oxygen atoms in total. The van der Waals surface area contributed by atoms with Crippen molar-refractivity contribution in [2.75, 3.05) is 13.2 Å². The van der Waals surface area contributed by atoms with Crippen LogP contribution < -0.4 is 46.4 Å². The number of halogens is 2. The maximum atomic E-state index is 8.49. The van der Waals surface area contributed by atoms with Crippen LogP contribution in [-0.2, 0) is 17.8 Å². The van der Waals surface area contributed by atoms with Gasteiger partial charge in [0.1, 0.15) is 13.2 Å². The average Bonchev–Trinajstić information content (AvgIpc) is 2.79. The lowest BCUT2D eigenvalue weighted by Crippen LogP contribution is -2.68. The summed E-state index contributed by atoms with van der Waals surface area (Å²) >= 11 is 0. The topological polar surface area (TPSA) is 201 Å². The molecule has 0 N–H and O–H groups in total. The molecule has 0 atom stereocenters. The van der Waals surface area contributed by atoms with Gasteiger partial charge in [0.25, 0.3) is 0 Å². The van der Waals surface area contributed by atoms with E-state index in [2.05, 4.69) is 95.8 Å². The summed E-state index contributed by atoms with van der Waals surface area (Å²) in [5, 5.41) is 2.54. The summed E-state index contributed by atoms with van der Waals surface area (Å²) in [6, 6.07) is 25.8. The molecule has 4 aromatic rings. The Morgan fingerprint density at radius 2 is 0.865 bits per heavy atom. The van der Waals surface area contributed by atoms with Crippen LogP contribution >= 0.6 is 0 Å². The van der Waals surface area contributed by atoms with E-state index in [4.69, 9.17) is 42.0 Å². The number of fused-ring (bicyclic) bond motifs is 2. The van der Waals surface area contributed by atoms with Gasteiger partial charge in [-0.3, -0.25) is 0 Å². The van der Waals surface area contributed by atoms with Crippen molar-refractivity contribution in [3.8, 4) is 0 Å². The molecule has 0 bridgehead atoms. The molecule has 0 saturated carbocycles. The fourth-order valence-corrected chi connectivity index (χ4v) is 3.74. The van der Waals surface area contributed by atoms with Gasteiger partial charge in [0, 0.05) is 48.9 Å². The third-order valence-electron chi connectivity index (χ3n) is 5.23. The van der Waals surface area contributed by atoms with Gasteiger partial charge >= 0.3 is 0 Å². The lowest BCUT2D eigenvalue weighted by molar-refractivity contribution is -2.00. The van der Waals surface area contributed by atoms with Gasteiger partial charge in [0.15, 0.2) is 24.5 Å². The second kappa shape index (κ2) is 13.9. The molecule has 2 aromatic heterocycles. The number of pyridine rings is 2. The largest absolute Gasteiger partial charge is 0.368 e. The summed E-state index contributed by atoms with van der Waals surface area (Å²) in [6.45, 7) is 7.47. The van der Waals surface area contributed by atoms with E-state index >= 15 is 0 Å². The number of ether oxygens (including phenoxy) is 1. The molecule has 13 heteroatoms. The molecule has 0 saturated heterocycles. The van der Waals surface area contributed by atoms with Crippen LogP contribution in [0.2, 0.25) is 0 Å². The molecule has 200 valence electrons. The zero-order chi connectivity index (χ0) is 27.6. The summed E-state index contributed by atoms with van der Waals surface area (Å²) in [4.78, 5) is 0. The number of hydrogen-bond acceptors (Lipinski definition) is 9. The molecular weight excluding hydrogens is 531 g/mol. The van der Waals surface area contributed by atoms with Gasteiger partial charge in [-0.25, -0.2) is 37.3 Å². The minimum Gasteiger partial charge on any atom is -0.368 e. The molecule has 0 fully saturated rings. The Morgan fingerprint density at radius 3 is 1.22 bits per heavy atom. The Kier molecular flexibility index (Phi) is 11.5. The second-order valence-electron chi connectivity index (χ2n) is 7.74. The summed E-state index contributed by atoms with van der Waals surface area (Å²) in [5.74, 6) is 0. The van der Waals surface area contributed by atoms with E-state index in [0.29, 0.717) is 13.2 Å². The van der Waals surface area contributed by atoms with Gasteiger partial charge in [-0.05, 0) is 24.3 Å². The summed E-state index contributed by atoms with van der Waals surface area (Å²) < 4.78 is 78.6. The van der Waals surface area contributed by atoms with Crippen molar-refractivity contribution >= 4 is 21.8 Å². The molecule has 37 heavy (non-hydrogen) atoms. The zero-order valence-corrected chi connectivity index (χ0v) is 21.6. The first kappa shape index (κ1) is 30.7. The minimum atomic E-state index is -4.94. The van der Waals surface area contributed by atoms with Gasteiger partial charge in [-0.15, -0.1) is 20.5 Å². The van der Waals surface area contributed by atoms with E-state index in [1.54, 1.807) is 0 Å². The monoisotopic (exact) mass is 556 g/mol. The smallest absolute Gasteiger partial charge is 0.212 e. The molecule has 2 heterocycles. The lowest BCUT2D eigenvalue weighted by atomic mass is 10.2. The van der Waals surface area contributed by atoms with Crippen molar-refractivity contribution in [2.24, 2.45) is 0 Å². The van der Waals surface area contributed by atoms with Crippen LogP contribution in [0.1, 0.15) is 11.4 Å². The zero-order valence-electron chi connectivity index (χ0n) is 20.1. The molecule has 2 aromatic carbocycles. The maximum Gasteiger partial charge on any atom is 0.212 e. The molecule has 0 aliphatic rings. The summed E-state index contributed by atoms with van der Waals surface area (Å²) in [7, 11) is -9.89. The summed E-state index contributed by atoms with van der Waals surface area (Å²) in [5.41, 5.74) is 5.05. The number of para-hydroxylation sites is 2. The van der Waals surface area contributed by atoms with E-state index in [9.17, 15) is 0 Å². The summed E-state index contributed by atoms with van der Waals surface area (Å²) in [6.07, 6.45) is 0. The molecule has 0 aliphatic heterocycles. The molecule has 4 rings (SSSR count). The van der Waals surface area contributed by atoms with Crippen LogP contribution in [0.5, 0.6) is 0 Å². The fourth-order valence-electron chi connectivity index (χ4n) is 3.74. The van der Waals surface area contributed by atoms with Crippen LogP contribution in [0.4, 0.5) is 0 Å². The van der Waals surface area contributed by atoms with Gasteiger partial charge in [-0.2, -0.15) is 9.13 Å². The number of nitrogens with zero attached hydrogens (tertiary/aromatic N) is 2. The molecule has 0 radical (unpaired) electrons. The van der Waals surface area contributed by atoms with E-state index in [1.165, 1.54) is 33.2 Å². The number of benzene rings is 2. The predicted octanol–water partition coefficient (Wildman–Crippen LogP) is -5.61. The number of aryl methyl sites for hydroxylation is 2. The van der Waals surface area contributed by atoms with Gasteiger partial charge in [0.05, 0.1) is 0 Å². The number of aromatic nitrogens is 2. The minimum absolute atomic E-state index is 0.712. The number of hydrogen-bond donors (Lipinski definition) is 0. The first-order valence-corrected chi connectivity index (χ1v) is 13.3. The highest BCUT2D eigenvalue weighted by Gasteiger charge is 2.14. The first-order valence-electron chi connectivity index (χ1n) is 10.8. The van der Waals surface area contributed by atoms with Crippen LogP contribution in [0.15, 0.2) is 72.8 Å². The molecule has 0 unspecified atom stereocenters. The highest BCUT2D eigenvalue weighted by atomic mass is 35.7. The van der Waals surface area contributed by atoms with Gasteiger partial charge in [-0.1, -0.05) is 24.3 Å². The Hall–Kier alpha value is -2.52. The Morgan fingerprint density at radius 1 is 0.541 bits per heavy atom. The SMILES string of the molecule is Cc1ccc2ccccc2[n+]1CCOCC[n+]1c(C)ccc2ccccc21.[O-][Cl+3]([O-])([O-])[O-].[O-][Cl+3]([O-])([O-])[O-]. The molecule has 0 aliphatic carbocycles. The van der Waals surface area contributed by atoms with Crippen LogP contribution in [0.3, 0.4) is 0 Å². The van der Waals surface area contributed by atoms with E-state index in [1.807, 2.05) is 0 Å². The lowest BCUT2D eigenvalue weighted by Gasteiger charge is -2.17. The Bertz CT molecular complexity index is 1180. The fraction of sp³-hybridized carbons (Fsp3) is 0.250. The van der Waals surface area contributed by atoms with Crippen molar-refractivity contribution in [3.05, 3.63) is 84.2 Å². The third-order valence-corrected chi connectivity index (χ3v) is 5.23. The van der Waals surface area contributed by atoms with Crippen molar-refractivity contribution in [1.82, 2.24) is 0 Å². The second-order valence-corrected chi connectivity index (χ2v) is 9.25. The van der Waals surface area contributed by atoms with Crippen LogP contribution in [0, 0.1) is 34.3 Å². The quantitative estimate of drug-likeness (QED) is 0.164.